The van der Waals surface area contributed by atoms with E-state index in [0.717, 1.165) is 18.5 Å². The van der Waals surface area contributed by atoms with E-state index >= 15 is 0 Å². The molecular weight excluding hydrogens is 290 g/mol. The number of hydrogen-bond donors (Lipinski definition) is 2. The molecule has 0 atom stereocenters. The first-order valence-corrected chi connectivity index (χ1v) is 8.03. The van der Waals surface area contributed by atoms with Gasteiger partial charge in [0.1, 0.15) is 5.60 Å². The molecule has 0 aliphatic carbocycles. The summed E-state index contributed by atoms with van der Waals surface area (Å²) in [6.07, 6.45) is 1.05. The second-order valence-electron chi connectivity index (χ2n) is 7.01. The van der Waals surface area contributed by atoms with Crippen LogP contribution in [0.15, 0.2) is 29.3 Å². The Morgan fingerprint density at radius 2 is 2.04 bits per heavy atom. The predicted molar refractivity (Wildman–Crippen MR) is 94.4 cm³/mol. The third kappa shape index (κ3) is 8.24. The first-order chi connectivity index (χ1) is 10.7. The molecule has 0 aromatic heterocycles. The van der Waals surface area contributed by atoms with Crippen molar-refractivity contribution < 1.29 is 9.53 Å². The third-order valence-electron chi connectivity index (χ3n) is 3.02. The van der Waals surface area contributed by atoms with Crippen LogP contribution in [0.25, 0.3) is 0 Å². The van der Waals surface area contributed by atoms with E-state index in [1.54, 1.807) is 12.1 Å². The predicted octanol–water partition coefficient (Wildman–Crippen LogP) is 3.09. The Morgan fingerprint density at radius 1 is 1.35 bits per heavy atom. The van der Waals surface area contributed by atoms with Crippen molar-refractivity contribution in [2.45, 2.75) is 53.2 Å². The quantitative estimate of drug-likeness (QED) is 0.480. The summed E-state index contributed by atoms with van der Waals surface area (Å²) in [4.78, 5) is 16.4. The summed E-state index contributed by atoms with van der Waals surface area (Å²) in [5.41, 5.74) is 6.78. The largest absolute Gasteiger partial charge is 0.456 e. The van der Waals surface area contributed by atoms with Crippen molar-refractivity contribution in [3.63, 3.8) is 0 Å². The van der Waals surface area contributed by atoms with Crippen molar-refractivity contribution in [2.75, 3.05) is 6.54 Å². The molecule has 5 nitrogen and oxygen atoms in total. The van der Waals surface area contributed by atoms with Crippen LogP contribution in [0.4, 0.5) is 0 Å². The molecular formula is C18H29N3O2. The molecule has 0 spiro atoms. The maximum Gasteiger partial charge on any atom is 0.338 e. The summed E-state index contributed by atoms with van der Waals surface area (Å²) in [5.74, 6) is 0.723. The fraction of sp³-hybridized carbons (Fsp3) is 0.556. The highest BCUT2D eigenvalue weighted by Gasteiger charge is 2.17. The lowest BCUT2D eigenvalue weighted by Gasteiger charge is -2.19. The number of aliphatic imine (C=N–C) groups is 1. The van der Waals surface area contributed by atoms with Crippen LogP contribution in [-0.2, 0) is 11.3 Å². The van der Waals surface area contributed by atoms with Crippen molar-refractivity contribution >= 4 is 11.9 Å². The summed E-state index contributed by atoms with van der Waals surface area (Å²) in [6.45, 7) is 11.1. The maximum atomic E-state index is 12.1. The van der Waals surface area contributed by atoms with Crippen molar-refractivity contribution in [1.29, 1.82) is 0 Å². The number of nitrogens with zero attached hydrogens (tertiary/aromatic N) is 1. The van der Waals surface area contributed by atoms with Gasteiger partial charge in [-0.2, -0.15) is 0 Å². The number of esters is 1. The number of benzene rings is 1. The van der Waals surface area contributed by atoms with Crippen LogP contribution in [0.1, 0.15) is 57.0 Å². The van der Waals surface area contributed by atoms with Crippen molar-refractivity contribution in [3.05, 3.63) is 35.4 Å². The molecule has 5 heteroatoms. The van der Waals surface area contributed by atoms with E-state index in [1.165, 1.54) is 0 Å². The number of guanidine groups is 1. The van der Waals surface area contributed by atoms with Crippen LogP contribution in [0.3, 0.4) is 0 Å². The number of carbonyl (C=O) groups is 1. The average molecular weight is 319 g/mol. The number of carbonyl (C=O) groups excluding carboxylic acids is 1. The molecule has 0 unspecified atom stereocenters. The molecule has 0 radical (unpaired) electrons. The molecule has 0 saturated heterocycles. The molecule has 128 valence electrons. The van der Waals surface area contributed by atoms with Gasteiger partial charge in [-0.15, -0.1) is 0 Å². The highest BCUT2D eigenvalue weighted by molar-refractivity contribution is 5.89. The maximum absolute atomic E-state index is 12.1. The summed E-state index contributed by atoms with van der Waals surface area (Å²) in [5, 5.41) is 3.09. The van der Waals surface area contributed by atoms with Crippen molar-refractivity contribution in [1.82, 2.24) is 5.32 Å². The van der Waals surface area contributed by atoms with E-state index < -0.39 is 5.60 Å². The molecule has 0 heterocycles. The Kier molecular flexibility index (Phi) is 7.07. The van der Waals surface area contributed by atoms with Crippen LogP contribution >= 0.6 is 0 Å². The Balaban J connectivity index is 2.61. The van der Waals surface area contributed by atoms with Crippen LogP contribution in [0, 0.1) is 5.92 Å². The SMILES string of the molecule is CC(C)CCNC(N)=NCc1cccc(C(=O)OC(C)(C)C)c1. The number of hydrogen-bond acceptors (Lipinski definition) is 3. The van der Waals surface area contributed by atoms with E-state index in [1.807, 2.05) is 32.9 Å². The van der Waals surface area contributed by atoms with E-state index in [9.17, 15) is 4.79 Å². The van der Waals surface area contributed by atoms with E-state index in [2.05, 4.69) is 24.2 Å². The van der Waals surface area contributed by atoms with Gasteiger partial charge in [0.25, 0.3) is 0 Å². The molecule has 0 bridgehead atoms. The Labute approximate surface area is 139 Å². The van der Waals surface area contributed by atoms with Gasteiger partial charge in [0.2, 0.25) is 0 Å². The van der Waals surface area contributed by atoms with E-state index in [4.69, 9.17) is 10.5 Å². The normalized spacial score (nSPS) is 12.3. The fourth-order valence-corrected chi connectivity index (χ4v) is 1.85. The number of nitrogens with two attached hydrogens (primary N) is 1. The van der Waals surface area contributed by atoms with Gasteiger partial charge in [-0.3, -0.25) is 0 Å². The van der Waals surface area contributed by atoms with Crippen LogP contribution in [0.2, 0.25) is 0 Å². The minimum atomic E-state index is -0.504. The molecule has 1 aromatic rings. The molecule has 1 rings (SSSR count). The molecule has 0 aliphatic rings. The highest BCUT2D eigenvalue weighted by Crippen LogP contribution is 2.13. The van der Waals surface area contributed by atoms with E-state index in [0.29, 0.717) is 24.0 Å². The van der Waals surface area contributed by atoms with Gasteiger partial charge < -0.3 is 15.8 Å². The molecule has 0 fully saturated rings. The molecule has 23 heavy (non-hydrogen) atoms. The first-order valence-electron chi connectivity index (χ1n) is 8.03. The fourth-order valence-electron chi connectivity index (χ4n) is 1.85. The topological polar surface area (TPSA) is 76.7 Å². The van der Waals surface area contributed by atoms with Gasteiger partial charge in [-0.25, -0.2) is 9.79 Å². The lowest BCUT2D eigenvalue weighted by molar-refractivity contribution is 0.00694. The second kappa shape index (κ2) is 8.56. The highest BCUT2D eigenvalue weighted by atomic mass is 16.6. The third-order valence-corrected chi connectivity index (χ3v) is 3.02. The average Bonchev–Trinajstić information content (AvgIpc) is 2.43. The van der Waals surface area contributed by atoms with Crippen molar-refractivity contribution in [3.8, 4) is 0 Å². The Bertz CT molecular complexity index is 545. The van der Waals surface area contributed by atoms with Gasteiger partial charge >= 0.3 is 5.97 Å². The van der Waals surface area contributed by atoms with Gasteiger partial charge in [-0.05, 0) is 50.8 Å². The monoisotopic (exact) mass is 319 g/mol. The number of ether oxygens (including phenoxy) is 1. The lowest BCUT2D eigenvalue weighted by Crippen LogP contribution is -2.32. The molecule has 0 aliphatic heterocycles. The zero-order chi connectivity index (χ0) is 17.5. The standard InChI is InChI=1S/C18H29N3O2/c1-13(2)9-10-20-17(19)21-12-14-7-6-8-15(11-14)16(22)23-18(3,4)5/h6-8,11,13H,9-10,12H2,1-5H3,(H3,19,20,21). The second-order valence-corrected chi connectivity index (χ2v) is 7.01. The Morgan fingerprint density at radius 3 is 2.65 bits per heavy atom. The van der Waals surface area contributed by atoms with Crippen LogP contribution in [0.5, 0.6) is 0 Å². The molecule has 0 amide bonds. The summed E-state index contributed by atoms with van der Waals surface area (Å²) in [6, 6.07) is 7.27. The Hall–Kier alpha value is -2.04. The zero-order valence-electron chi connectivity index (χ0n) is 14.8. The summed E-state index contributed by atoms with van der Waals surface area (Å²) >= 11 is 0. The van der Waals surface area contributed by atoms with Crippen molar-refractivity contribution in [2.24, 2.45) is 16.6 Å². The van der Waals surface area contributed by atoms with Gasteiger partial charge in [0.15, 0.2) is 5.96 Å². The summed E-state index contributed by atoms with van der Waals surface area (Å²) in [7, 11) is 0. The molecule has 0 saturated carbocycles. The van der Waals surface area contributed by atoms with Crippen LogP contribution in [-0.4, -0.2) is 24.1 Å². The van der Waals surface area contributed by atoms with Crippen LogP contribution < -0.4 is 11.1 Å². The molecule has 3 N–H and O–H groups in total. The summed E-state index contributed by atoms with van der Waals surface area (Å²) < 4.78 is 5.37. The minimum absolute atomic E-state index is 0.327. The zero-order valence-corrected chi connectivity index (χ0v) is 14.8. The van der Waals surface area contributed by atoms with Gasteiger partial charge in [-0.1, -0.05) is 26.0 Å². The lowest BCUT2D eigenvalue weighted by atomic mass is 10.1. The van der Waals surface area contributed by atoms with Gasteiger partial charge in [0.05, 0.1) is 12.1 Å². The van der Waals surface area contributed by atoms with Gasteiger partial charge in [0, 0.05) is 6.54 Å². The van der Waals surface area contributed by atoms with E-state index in [-0.39, 0.29) is 5.97 Å². The first kappa shape index (κ1) is 19.0. The number of rotatable bonds is 6. The minimum Gasteiger partial charge on any atom is -0.456 e. The molecule has 1 aromatic carbocycles. The smallest absolute Gasteiger partial charge is 0.338 e. The number of nitrogens with one attached hydrogen (secondary N) is 1.